The smallest absolute Gasteiger partial charge is 0.465 e. The summed E-state index contributed by atoms with van der Waals surface area (Å²) in [4.78, 5) is 13.8. The number of carbonyl (C=O) groups excluding carboxylic acids is 1. The molecule has 1 aromatic carbocycles. The van der Waals surface area contributed by atoms with E-state index in [4.69, 9.17) is 5.53 Å². The molecule has 0 fully saturated rings. The van der Waals surface area contributed by atoms with Crippen molar-refractivity contribution >= 4 is 24.1 Å². The molecule has 1 aromatic rings. The molecule has 0 aliphatic carbocycles. The summed E-state index contributed by atoms with van der Waals surface area (Å²) in [7, 11) is 1.06. The second-order valence-electron chi connectivity index (χ2n) is 3.46. The van der Waals surface area contributed by atoms with Gasteiger partial charge in [-0.25, -0.2) is 4.79 Å². The maximum Gasteiger partial charge on any atom is 1.00 e. The van der Waals surface area contributed by atoms with Crippen LogP contribution in [0.2, 0.25) is 0 Å². The van der Waals surface area contributed by atoms with Crippen LogP contribution in [0.5, 0.6) is 0 Å². The van der Waals surface area contributed by atoms with Crippen molar-refractivity contribution in [3.05, 3.63) is 33.7 Å². The van der Waals surface area contributed by atoms with Crippen LogP contribution in [0.3, 0.4) is 0 Å². The molecule has 96 valence electrons. The average molecular weight is 297 g/mol. The molecule has 0 amide bonds. The van der Waals surface area contributed by atoms with Gasteiger partial charge in [-0.2, -0.15) is 0 Å². The Morgan fingerprint density at radius 3 is 2.42 bits per heavy atom. The third-order valence-electron chi connectivity index (χ3n) is 2.35. The second-order valence-corrected chi connectivity index (χ2v) is 3.46. The SMILES string of the molecule is COC(=O)c1cc(N=[N+]=[N-])cc([B-](F)(F)F)c1C.[K+]. The predicted octanol–water partition coefficient (Wildman–Crippen LogP) is -0.218. The molecule has 0 bridgehead atoms. The summed E-state index contributed by atoms with van der Waals surface area (Å²) >= 11 is 0. The number of azide groups is 1. The van der Waals surface area contributed by atoms with Gasteiger partial charge in [0, 0.05) is 10.6 Å². The molecule has 0 heterocycles. The topological polar surface area (TPSA) is 75.1 Å². The Hall–Kier alpha value is -0.509. The summed E-state index contributed by atoms with van der Waals surface area (Å²) < 4.78 is 42.8. The number of methoxy groups -OCH3 is 1. The Balaban J connectivity index is 0.00000324. The van der Waals surface area contributed by atoms with Gasteiger partial charge >= 0.3 is 64.3 Å². The largest absolute Gasteiger partial charge is 1.00 e. The van der Waals surface area contributed by atoms with E-state index in [-0.39, 0.29) is 68.2 Å². The number of nitrogens with zero attached hydrogens (tertiary/aromatic N) is 3. The van der Waals surface area contributed by atoms with E-state index in [2.05, 4.69) is 14.8 Å². The molecule has 0 N–H and O–H groups in total. The molecule has 0 spiro atoms. The summed E-state index contributed by atoms with van der Waals surface area (Å²) in [6.07, 6.45) is 0. The molecule has 0 radical (unpaired) electrons. The summed E-state index contributed by atoms with van der Waals surface area (Å²) in [5, 5.41) is 3.08. The summed E-state index contributed by atoms with van der Waals surface area (Å²) in [6.45, 7) is -4.15. The van der Waals surface area contributed by atoms with Gasteiger partial charge in [-0.1, -0.05) is 16.7 Å². The van der Waals surface area contributed by atoms with E-state index in [1.807, 2.05) is 0 Å². The first-order valence-electron chi connectivity index (χ1n) is 4.79. The zero-order valence-electron chi connectivity index (χ0n) is 10.5. The number of esters is 1. The number of rotatable bonds is 3. The van der Waals surface area contributed by atoms with E-state index in [9.17, 15) is 17.7 Å². The van der Waals surface area contributed by atoms with Gasteiger partial charge in [-0.3, -0.25) is 0 Å². The maximum absolute atomic E-state index is 12.8. The van der Waals surface area contributed by atoms with Gasteiger partial charge < -0.3 is 17.7 Å². The van der Waals surface area contributed by atoms with E-state index >= 15 is 0 Å². The van der Waals surface area contributed by atoms with Gasteiger partial charge in [0.05, 0.1) is 12.7 Å². The first-order valence-corrected chi connectivity index (χ1v) is 4.79. The van der Waals surface area contributed by atoms with Crippen molar-refractivity contribution in [3.8, 4) is 0 Å². The fourth-order valence-electron chi connectivity index (χ4n) is 1.49. The quantitative estimate of drug-likeness (QED) is 0.254. The third kappa shape index (κ3) is 4.51. The standard InChI is InChI=1S/C9H8BF3N3O2.K/c1-5-7(9(17)18-2)3-6(15-16-14)4-8(5)10(11,12)13;/h3-4H,1-2H3;/q-1;+1. The molecule has 0 saturated heterocycles. The molecule has 10 heteroatoms. The fraction of sp³-hybridized carbons (Fsp3) is 0.222. The van der Waals surface area contributed by atoms with E-state index in [0.717, 1.165) is 20.1 Å². The molecule has 0 aliphatic rings. The minimum atomic E-state index is -5.31. The number of carbonyl (C=O) groups is 1. The molecule has 0 aliphatic heterocycles. The molecule has 5 nitrogen and oxygen atoms in total. The van der Waals surface area contributed by atoms with Crippen LogP contribution < -0.4 is 56.8 Å². The van der Waals surface area contributed by atoms with Crippen LogP contribution >= 0.6 is 0 Å². The van der Waals surface area contributed by atoms with E-state index in [1.54, 1.807) is 0 Å². The Kier molecular flexibility index (Phi) is 7.12. The molecule has 0 saturated carbocycles. The van der Waals surface area contributed by atoms with Crippen molar-refractivity contribution in [1.29, 1.82) is 0 Å². The Labute approximate surface area is 149 Å². The van der Waals surface area contributed by atoms with Gasteiger partial charge in [-0.15, -0.1) is 5.46 Å². The van der Waals surface area contributed by atoms with Crippen LogP contribution in [-0.4, -0.2) is 20.1 Å². The normalized spacial score (nSPS) is 10.2. The Morgan fingerprint density at radius 2 is 2.00 bits per heavy atom. The van der Waals surface area contributed by atoms with Crippen molar-refractivity contribution in [2.75, 3.05) is 7.11 Å². The third-order valence-corrected chi connectivity index (χ3v) is 2.35. The molecule has 0 atom stereocenters. The Morgan fingerprint density at radius 1 is 1.42 bits per heavy atom. The minimum Gasteiger partial charge on any atom is -0.465 e. The van der Waals surface area contributed by atoms with Crippen molar-refractivity contribution in [3.63, 3.8) is 0 Å². The van der Waals surface area contributed by atoms with Crippen molar-refractivity contribution in [2.24, 2.45) is 5.11 Å². The Bertz CT molecular complexity index is 544. The van der Waals surface area contributed by atoms with Crippen LogP contribution in [0.4, 0.5) is 18.6 Å². The first-order chi connectivity index (χ1) is 8.31. The average Bonchev–Trinajstić information content (AvgIpc) is 2.29. The monoisotopic (exact) mass is 297 g/mol. The molecular formula is C9H8BF3KN3O2. The van der Waals surface area contributed by atoms with Crippen LogP contribution in [0.25, 0.3) is 10.4 Å². The van der Waals surface area contributed by atoms with Gasteiger partial charge in [0.2, 0.25) is 0 Å². The molecule has 19 heavy (non-hydrogen) atoms. The fourth-order valence-corrected chi connectivity index (χ4v) is 1.49. The number of hydrogen-bond donors (Lipinski definition) is 0. The van der Waals surface area contributed by atoms with Crippen LogP contribution in [0.15, 0.2) is 17.2 Å². The van der Waals surface area contributed by atoms with Crippen LogP contribution in [0, 0.1) is 6.92 Å². The zero-order chi connectivity index (χ0) is 13.9. The van der Waals surface area contributed by atoms with Crippen molar-refractivity contribution < 1.29 is 73.9 Å². The van der Waals surface area contributed by atoms with E-state index in [0.29, 0.717) is 6.07 Å². The first kappa shape index (κ1) is 18.5. The summed E-state index contributed by atoms with van der Waals surface area (Å²) in [6, 6.07) is 1.77. The predicted molar refractivity (Wildman–Crippen MR) is 60.0 cm³/mol. The number of benzene rings is 1. The van der Waals surface area contributed by atoms with E-state index in [1.165, 1.54) is 0 Å². The number of halogens is 3. The summed E-state index contributed by atoms with van der Waals surface area (Å²) in [5.74, 6) is -0.913. The zero-order valence-corrected chi connectivity index (χ0v) is 13.6. The summed E-state index contributed by atoms with van der Waals surface area (Å²) in [5.41, 5.74) is 6.47. The van der Waals surface area contributed by atoms with E-state index < -0.39 is 18.4 Å². The minimum absolute atomic E-state index is 0. The number of ether oxygens (including phenoxy) is 1. The van der Waals surface area contributed by atoms with Crippen molar-refractivity contribution in [1.82, 2.24) is 0 Å². The van der Waals surface area contributed by atoms with Gasteiger partial charge in [0.15, 0.2) is 0 Å². The maximum atomic E-state index is 12.8. The van der Waals surface area contributed by atoms with Crippen LogP contribution in [0.1, 0.15) is 15.9 Å². The van der Waals surface area contributed by atoms with Crippen LogP contribution in [-0.2, 0) is 4.74 Å². The molecule has 1 rings (SSSR count). The second kappa shape index (κ2) is 7.32. The molecule has 0 unspecified atom stereocenters. The molecular weight excluding hydrogens is 289 g/mol. The molecule has 0 aromatic heterocycles. The van der Waals surface area contributed by atoms with Crippen molar-refractivity contribution in [2.45, 2.75) is 6.92 Å². The van der Waals surface area contributed by atoms with Gasteiger partial charge in [-0.05, 0) is 18.5 Å². The number of hydrogen-bond acceptors (Lipinski definition) is 3. The van der Waals surface area contributed by atoms with Gasteiger partial charge in [0.25, 0.3) is 0 Å². The van der Waals surface area contributed by atoms with Gasteiger partial charge in [0.1, 0.15) is 0 Å².